The highest BCUT2D eigenvalue weighted by Gasteiger charge is 2.12. The van der Waals surface area contributed by atoms with E-state index in [1.165, 1.54) is 11.3 Å². The molecule has 0 amide bonds. The van der Waals surface area contributed by atoms with Crippen molar-refractivity contribution in [2.45, 2.75) is 19.3 Å². The summed E-state index contributed by atoms with van der Waals surface area (Å²) in [6.45, 7) is 0.650. The van der Waals surface area contributed by atoms with E-state index < -0.39 is 5.92 Å². The van der Waals surface area contributed by atoms with Gasteiger partial charge in [0.2, 0.25) is 5.13 Å². The number of guanidine groups is 1. The Morgan fingerprint density at radius 2 is 2.14 bits per heavy atom. The molecule has 1 heterocycles. The number of amidine groups is 1. The van der Waals surface area contributed by atoms with Crippen LogP contribution in [0.15, 0.2) is 15.4 Å². The number of rotatable bonds is 7. The van der Waals surface area contributed by atoms with Gasteiger partial charge in [0.25, 0.3) is 0 Å². The summed E-state index contributed by atoms with van der Waals surface area (Å²) in [6, 6.07) is 3.78. The van der Waals surface area contributed by atoms with Crippen LogP contribution in [0.25, 0.3) is 0 Å². The number of nitrogens with one attached hydrogen (secondary N) is 1. The highest BCUT2D eigenvalue weighted by atomic mass is 32.1. The van der Waals surface area contributed by atoms with E-state index >= 15 is 0 Å². The van der Waals surface area contributed by atoms with Gasteiger partial charge in [-0.15, -0.1) is 11.3 Å². The molecule has 116 valence electrons. The zero-order chi connectivity index (χ0) is 16.4. The molecule has 0 spiro atoms. The highest BCUT2D eigenvalue weighted by molar-refractivity contribution is 7.13. The molecule has 22 heavy (non-hydrogen) atoms. The van der Waals surface area contributed by atoms with Crippen molar-refractivity contribution in [1.29, 1.82) is 10.5 Å². The molecule has 0 radical (unpaired) electrons. The molecule has 9 heteroatoms. The minimum Gasteiger partial charge on any atom is -0.372 e. The Morgan fingerprint density at radius 3 is 2.73 bits per heavy atom. The predicted molar refractivity (Wildman–Crippen MR) is 86.6 cm³/mol. The number of aromatic nitrogens is 1. The Kier molecular flexibility index (Phi) is 7.37. The van der Waals surface area contributed by atoms with Crippen molar-refractivity contribution in [2.24, 2.45) is 27.4 Å². The van der Waals surface area contributed by atoms with Gasteiger partial charge in [0, 0.05) is 19.0 Å². The number of unbranched alkanes of at least 4 members (excludes halogenated alkanes) is 1. The van der Waals surface area contributed by atoms with E-state index in [0.717, 1.165) is 25.0 Å². The lowest BCUT2D eigenvalue weighted by Crippen LogP contribution is -2.30. The maximum atomic E-state index is 8.81. The third kappa shape index (κ3) is 5.77. The lowest BCUT2D eigenvalue weighted by atomic mass is 10.1. The molecule has 0 unspecified atom stereocenters. The summed E-state index contributed by atoms with van der Waals surface area (Å²) in [5, 5.41) is 23.1. The van der Waals surface area contributed by atoms with Gasteiger partial charge >= 0.3 is 0 Å². The van der Waals surface area contributed by atoms with Crippen molar-refractivity contribution in [3.8, 4) is 12.1 Å². The smallest absolute Gasteiger partial charge is 0.212 e. The summed E-state index contributed by atoms with van der Waals surface area (Å²) in [5.41, 5.74) is 11.5. The van der Waals surface area contributed by atoms with Crippen LogP contribution in [0.4, 0.5) is 5.13 Å². The van der Waals surface area contributed by atoms with E-state index in [1.807, 2.05) is 17.5 Å². The fourth-order valence-corrected chi connectivity index (χ4v) is 2.42. The molecular weight excluding hydrogens is 300 g/mol. The first-order valence-corrected chi connectivity index (χ1v) is 7.52. The fourth-order valence-electron chi connectivity index (χ4n) is 1.68. The first-order valence-electron chi connectivity index (χ1n) is 6.64. The molecule has 0 aliphatic carbocycles. The van der Waals surface area contributed by atoms with Gasteiger partial charge in [0.15, 0.2) is 11.9 Å². The lowest BCUT2D eigenvalue weighted by Gasteiger charge is -2.08. The number of hydrogen-bond acceptors (Lipinski definition) is 6. The number of hydrogen-bond donors (Lipinski definition) is 3. The second-order valence-corrected chi connectivity index (χ2v) is 5.18. The quantitative estimate of drug-likeness (QED) is 0.381. The molecule has 0 atom stereocenters. The van der Waals surface area contributed by atoms with Crippen LogP contribution in [0.3, 0.4) is 0 Å². The zero-order valence-electron chi connectivity index (χ0n) is 12.3. The molecule has 1 aromatic heterocycles. The summed E-state index contributed by atoms with van der Waals surface area (Å²) >= 11 is 1.39. The fraction of sp³-hybridized carbons (Fsp3) is 0.462. The van der Waals surface area contributed by atoms with Gasteiger partial charge in [0.05, 0.1) is 17.8 Å². The first kappa shape index (κ1) is 17.4. The topological polar surface area (TPSA) is 149 Å². The van der Waals surface area contributed by atoms with Crippen molar-refractivity contribution in [1.82, 2.24) is 10.3 Å². The molecule has 0 aliphatic heterocycles. The zero-order valence-corrected chi connectivity index (χ0v) is 13.1. The van der Waals surface area contributed by atoms with Gasteiger partial charge in [-0.1, -0.05) is 0 Å². The number of nitrogens with two attached hydrogens (primary N) is 2. The van der Waals surface area contributed by atoms with Gasteiger partial charge in [-0.2, -0.15) is 15.5 Å². The van der Waals surface area contributed by atoms with Gasteiger partial charge in [-0.25, -0.2) is 4.98 Å². The van der Waals surface area contributed by atoms with E-state index in [1.54, 1.807) is 7.05 Å². The van der Waals surface area contributed by atoms with Crippen LogP contribution in [0.1, 0.15) is 18.5 Å². The van der Waals surface area contributed by atoms with Crippen molar-refractivity contribution in [3.63, 3.8) is 0 Å². The summed E-state index contributed by atoms with van der Waals surface area (Å²) in [7, 11) is 1.56. The van der Waals surface area contributed by atoms with Crippen LogP contribution in [0.2, 0.25) is 0 Å². The monoisotopic (exact) mass is 318 g/mol. The molecule has 5 N–H and O–H groups in total. The van der Waals surface area contributed by atoms with Crippen LogP contribution in [0, 0.1) is 28.6 Å². The van der Waals surface area contributed by atoms with Crippen LogP contribution in [-0.2, 0) is 6.42 Å². The molecular formula is C13H18N8S. The maximum absolute atomic E-state index is 8.81. The Hall–Kier alpha value is -2.65. The second-order valence-electron chi connectivity index (χ2n) is 4.34. The summed E-state index contributed by atoms with van der Waals surface area (Å²) in [5.74, 6) is -0.430. The molecule has 0 fully saturated rings. The third-order valence-corrected chi connectivity index (χ3v) is 3.49. The Balaban J connectivity index is 2.31. The second kappa shape index (κ2) is 9.32. The predicted octanol–water partition coefficient (Wildman–Crippen LogP) is 0.652. The number of aliphatic imine (C=N–C) groups is 2. The van der Waals surface area contributed by atoms with E-state index in [2.05, 4.69) is 20.3 Å². The SMILES string of the molecule is CN=C(NCCCCc1csc(N=C(N)N)n1)C(C#N)C#N. The van der Waals surface area contributed by atoms with Crippen LogP contribution >= 0.6 is 11.3 Å². The largest absolute Gasteiger partial charge is 0.372 e. The van der Waals surface area contributed by atoms with E-state index in [-0.39, 0.29) is 5.96 Å². The molecule has 1 aromatic rings. The van der Waals surface area contributed by atoms with Gasteiger partial charge < -0.3 is 16.8 Å². The van der Waals surface area contributed by atoms with Crippen LogP contribution in [0.5, 0.6) is 0 Å². The van der Waals surface area contributed by atoms with E-state index in [4.69, 9.17) is 22.0 Å². The summed E-state index contributed by atoms with van der Waals surface area (Å²) < 4.78 is 0. The highest BCUT2D eigenvalue weighted by Crippen LogP contribution is 2.19. The number of thiazole rings is 1. The Labute approximate surface area is 133 Å². The molecule has 8 nitrogen and oxygen atoms in total. The van der Waals surface area contributed by atoms with Crippen molar-refractivity contribution in [2.75, 3.05) is 13.6 Å². The molecule has 1 rings (SSSR count). The minimum absolute atomic E-state index is 0.000946. The van der Waals surface area contributed by atoms with Gasteiger partial charge in [-0.3, -0.25) is 4.99 Å². The number of nitrogens with zero attached hydrogens (tertiary/aromatic N) is 5. The normalized spacial score (nSPS) is 10.8. The molecule has 0 aliphatic rings. The van der Waals surface area contributed by atoms with Crippen molar-refractivity contribution < 1.29 is 0 Å². The number of nitriles is 2. The Bertz CT molecular complexity index is 601. The average molecular weight is 318 g/mol. The van der Waals surface area contributed by atoms with E-state index in [9.17, 15) is 0 Å². The molecule has 0 bridgehead atoms. The van der Waals surface area contributed by atoms with Crippen LogP contribution < -0.4 is 16.8 Å². The Morgan fingerprint density at radius 1 is 1.41 bits per heavy atom. The standard InChI is InChI=1S/C13H18N8S/c1-18-11(9(6-14)7-15)19-5-3-2-4-10-8-22-13(20-10)21-12(16)17/h8-9H,2-5H2,1H3,(H,18,19)(H4,16,17,20,21). The lowest BCUT2D eigenvalue weighted by molar-refractivity contribution is 0.696. The third-order valence-electron chi connectivity index (χ3n) is 2.70. The molecule has 0 saturated heterocycles. The molecule has 0 saturated carbocycles. The minimum atomic E-state index is -0.842. The van der Waals surface area contributed by atoms with Crippen LogP contribution in [-0.4, -0.2) is 30.4 Å². The number of aryl methyl sites for hydroxylation is 1. The maximum Gasteiger partial charge on any atom is 0.212 e. The average Bonchev–Trinajstić information content (AvgIpc) is 2.92. The summed E-state index contributed by atoms with van der Waals surface area (Å²) in [4.78, 5) is 12.1. The van der Waals surface area contributed by atoms with Gasteiger partial charge in [-0.05, 0) is 19.3 Å². The van der Waals surface area contributed by atoms with Gasteiger partial charge in [0.1, 0.15) is 5.84 Å². The van der Waals surface area contributed by atoms with Crippen molar-refractivity contribution in [3.05, 3.63) is 11.1 Å². The first-order chi connectivity index (χ1) is 10.6. The molecule has 0 aromatic carbocycles. The summed E-state index contributed by atoms with van der Waals surface area (Å²) in [6.07, 6.45) is 2.60. The van der Waals surface area contributed by atoms with Crippen molar-refractivity contribution >= 4 is 28.3 Å². The van der Waals surface area contributed by atoms with E-state index in [0.29, 0.717) is 17.5 Å².